The highest BCUT2D eigenvalue weighted by molar-refractivity contribution is 7.91. The van der Waals surface area contributed by atoms with Crippen molar-refractivity contribution < 1.29 is 37.8 Å². The number of anilines is 2. The summed E-state index contributed by atoms with van der Waals surface area (Å²) in [5.74, 6) is -0.602. The highest BCUT2D eigenvalue weighted by Gasteiger charge is 2.20. The Bertz CT molecular complexity index is 1320. The molecular weight excluding hydrogens is 488 g/mol. The Morgan fingerprint density at radius 1 is 0.844 bits per heavy atom. The second-order valence-electron chi connectivity index (χ2n) is 5.98. The summed E-state index contributed by atoms with van der Waals surface area (Å²) in [6, 6.07) is 7.44. The van der Waals surface area contributed by atoms with Gasteiger partial charge >= 0.3 is 10.4 Å². The summed E-state index contributed by atoms with van der Waals surface area (Å²) < 4.78 is 83.4. The van der Waals surface area contributed by atoms with Gasteiger partial charge in [-0.3, -0.25) is 8.37 Å². The first-order valence-electron chi connectivity index (χ1n) is 8.50. The lowest BCUT2D eigenvalue weighted by Crippen LogP contribution is -2.16. The van der Waals surface area contributed by atoms with E-state index < -0.39 is 42.7 Å². The molecule has 13 nitrogen and oxygen atoms in total. The quantitative estimate of drug-likeness (QED) is 0.265. The molecule has 2 rings (SSSR count). The maximum Gasteiger partial charge on any atom is 0.399 e. The number of hydrogen-bond donors (Lipinski definition) is 2. The molecule has 0 atom stereocenters. The van der Waals surface area contributed by atoms with E-state index in [1.807, 2.05) is 0 Å². The average molecular weight is 509 g/mol. The van der Waals surface area contributed by atoms with Crippen molar-refractivity contribution in [2.45, 2.75) is 9.79 Å². The van der Waals surface area contributed by atoms with Gasteiger partial charge in [0, 0.05) is 0 Å². The zero-order chi connectivity index (χ0) is 24.2. The Morgan fingerprint density at radius 2 is 1.47 bits per heavy atom. The van der Waals surface area contributed by atoms with Crippen LogP contribution in [0.5, 0.6) is 0 Å². The van der Waals surface area contributed by atoms with Crippen molar-refractivity contribution in [1.29, 1.82) is 0 Å². The summed E-state index contributed by atoms with van der Waals surface area (Å²) in [6.45, 7) is -0.622. The molecule has 176 valence electrons. The second kappa shape index (κ2) is 9.88. The van der Waals surface area contributed by atoms with Crippen LogP contribution in [-0.4, -0.2) is 51.8 Å². The number of nitrogens with zero attached hydrogens (tertiary/aromatic N) is 2. The molecule has 0 spiro atoms. The molecule has 16 heteroatoms. The van der Waals surface area contributed by atoms with Crippen molar-refractivity contribution in [3.05, 3.63) is 36.4 Å². The number of azo groups is 1. The van der Waals surface area contributed by atoms with Gasteiger partial charge in [-0.05, 0) is 36.4 Å². The Hall–Kier alpha value is -2.63. The number of nitrogen functional groups attached to an aromatic ring is 2. The van der Waals surface area contributed by atoms with Gasteiger partial charge in [0.2, 0.25) is 0 Å². The van der Waals surface area contributed by atoms with E-state index in [-0.39, 0.29) is 32.5 Å². The van der Waals surface area contributed by atoms with Crippen molar-refractivity contribution in [3.8, 4) is 0 Å². The first-order chi connectivity index (χ1) is 14.8. The van der Waals surface area contributed by atoms with Crippen LogP contribution in [-0.2, 0) is 42.9 Å². The van der Waals surface area contributed by atoms with Gasteiger partial charge in [0.25, 0.3) is 10.1 Å². The maximum absolute atomic E-state index is 12.3. The third kappa shape index (κ3) is 6.44. The van der Waals surface area contributed by atoms with Crippen LogP contribution in [0.25, 0.3) is 0 Å². The first-order valence-corrected chi connectivity index (χ1v) is 12.9. The van der Waals surface area contributed by atoms with Gasteiger partial charge in [-0.2, -0.15) is 21.9 Å². The number of sulfone groups is 1. The SMILES string of the molecule is COS(=O)(=O)OCCS(=O)(=O)c1ccc(N=Nc2cc(S(=O)(=O)OC)c(N)cc2N)cc1. The van der Waals surface area contributed by atoms with E-state index in [0.29, 0.717) is 0 Å². The second-order valence-corrected chi connectivity index (χ2v) is 11.2. The molecule has 0 saturated carbocycles. The average Bonchev–Trinajstić information content (AvgIpc) is 2.73. The zero-order valence-corrected chi connectivity index (χ0v) is 19.3. The summed E-state index contributed by atoms with van der Waals surface area (Å²) >= 11 is 0. The van der Waals surface area contributed by atoms with E-state index >= 15 is 0 Å². The Morgan fingerprint density at radius 3 is 2.03 bits per heavy atom. The van der Waals surface area contributed by atoms with Crippen LogP contribution >= 0.6 is 0 Å². The monoisotopic (exact) mass is 508 g/mol. The summed E-state index contributed by atoms with van der Waals surface area (Å²) in [5, 5.41) is 7.78. The van der Waals surface area contributed by atoms with E-state index in [4.69, 9.17) is 11.5 Å². The van der Waals surface area contributed by atoms with Gasteiger partial charge in [-0.25, -0.2) is 12.6 Å². The van der Waals surface area contributed by atoms with Crippen molar-refractivity contribution in [2.24, 2.45) is 10.2 Å². The molecule has 0 fully saturated rings. The normalized spacial score (nSPS) is 12.9. The van der Waals surface area contributed by atoms with E-state index in [1.165, 1.54) is 30.3 Å². The van der Waals surface area contributed by atoms with E-state index in [1.54, 1.807) is 0 Å². The first kappa shape index (κ1) is 25.6. The Balaban J connectivity index is 2.20. The van der Waals surface area contributed by atoms with E-state index in [2.05, 4.69) is 22.8 Å². The molecule has 2 aromatic rings. The lowest BCUT2D eigenvalue weighted by molar-refractivity contribution is 0.255. The van der Waals surface area contributed by atoms with Crippen LogP contribution in [0.15, 0.2) is 56.4 Å². The highest BCUT2D eigenvalue weighted by Crippen LogP contribution is 2.32. The highest BCUT2D eigenvalue weighted by atomic mass is 32.3. The van der Waals surface area contributed by atoms with Crippen molar-refractivity contribution >= 4 is 53.1 Å². The minimum absolute atomic E-state index is 0.00280. The summed E-state index contributed by atoms with van der Waals surface area (Å²) in [6.07, 6.45) is 0. The fraction of sp³-hybridized carbons (Fsp3) is 0.250. The molecular formula is C16H20N4O9S3. The molecule has 0 aliphatic carbocycles. The van der Waals surface area contributed by atoms with Crippen molar-refractivity contribution in [2.75, 3.05) is 38.0 Å². The molecule has 0 heterocycles. The van der Waals surface area contributed by atoms with Crippen LogP contribution in [0.4, 0.5) is 22.7 Å². The van der Waals surface area contributed by atoms with Crippen molar-refractivity contribution in [3.63, 3.8) is 0 Å². The number of rotatable bonds is 10. The molecule has 2 aromatic carbocycles. The predicted octanol–water partition coefficient (Wildman–Crippen LogP) is 1.28. The van der Waals surface area contributed by atoms with Gasteiger partial charge in [0.05, 0.1) is 48.5 Å². The number of nitrogens with two attached hydrogens (primary N) is 2. The number of hydrogen-bond acceptors (Lipinski definition) is 13. The molecule has 4 N–H and O–H groups in total. The fourth-order valence-electron chi connectivity index (χ4n) is 2.24. The minimum atomic E-state index is -4.24. The molecule has 0 saturated heterocycles. The lowest BCUT2D eigenvalue weighted by atomic mass is 10.2. The summed E-state index contributed by atoms with van der Waals surface area (Å²) in [5.41, 5.74) is 11.6. The molecule has 32 heavy (non-hydrogen) atoms. The van der Waals surface area contributed by atoms with E-state index in [9.17, 15) is 25.3 Å². The maximum atomic E-state index is 12.3. The van der Waals surface area contributed by atoms with Crippen LogP contribution in [0.2, 0.25) is 0 Å². The van der Waals surface area contributed by atoms with Crippen molar-refractivity contribution in [1.82, 2.24) is 0 Å². The third-order valence-electron chi connectivity index (χ3n) is 3.90. The predicted molar refractivity (Wildman–Crippen MR) is 114 cm³/mol. The van der Waals surface area contributed by atoms with Gasteiger partial charge in [0.1, 0.15) is 10.6 Å². The smallest absolute Gasteiger partial charge is 0.398 e. The molecule has 0 aliphatic heterocycles. The standard InChI is InChI=1S/C16H20N4O9S3/c1-27-31(23,24)16-10-15(13(17)9-14(16)18)20-19-11-3-5-12(6-4-11)30(21,22)8-7-29-32(25,26)28-2/h3-6,9-10H,7-8,17-18H2,1-2H3. The molecule has 0 unspecified atom stereocenters. The third-order valence-corrected chi connectivity index (χ3v) is 7.79. The lowest BCUT2D eigenvalue weighted by Gasteiger charge is -2.08. The van der Waals surface area contributed by atoms with Crippen LogP contribution in [0.3, 0.4) is 0 Å². The van der Waals surface area contributed by atoms with Gasteiger partial charge in [0.15, 0.2) is 9.84 Å². The topological polar surface area (TPSA) is 207 Å². The van der Waals surface area contributed by atoms with Gasteiger partial charge in [-0.15, -0.1) is 5.11 Å². The Labute approximate surface area is 185 Å². The van der Waals surface area contributed by atoms with Gasteiger partial charge < -0.3 is 11.5 Å². The molecule has 0 aromatic heterocycles. The molecule has 0 radical (unpaired) electrons. The molecule has 0 amide bonds. The van der Waals surface area contributed by atoms with Crippen LogP contribution in [0.1, 0.15) is 0 Å². The van der Waals surface area contributed by atoms with Crippen LogP contribution in [0, 0.1) is 0 Å². The summed E-state index contributed by atoms with van der Waals surface area (Å²) in [4.78, 5) is -0.433. The molecule has 0 bridgehead atoms. The summed E-state index contributed by atoms with van der Waals surface area (Å²) in [7, 11) is -10.3. The minimum Gasteiger partial charge on any atom is -0.398 e. The zero-order valence-electron chi connectivity index (χ0n) is 16.8. The van der Waals surface area contributed by atoms with E-state index in [0.717, 1.165) is 20.3 Å². The fourth-order valence-corrected chi connectivity index (χ4v) is 4.60. The molecule has 0 aliphatic rings. The Kier molecular flexibility index (Phi) is 7.92. The largest absolute Gasteiger partial charge is 0.399 e. The number of benzene rings is 2. The van der Waals surface area contributed by atoms with Gasteiger partial charge in [-0.1, -0.05) is 0 Å². The van der Waals surface area contributed by atoms with Crippen LogP contribution < -0.4 is 11.5 Å².